The van der Waals surface area contributed by atoms with Gasteiger partial charge in [0.05, 0.1) is 0 Å². The standard InChI is InChI=1S/C39H66O4/c1-3-5-7-9-10-11-12-13-14-15-16-17-18-19-20-21-22-23-24-28-32-36-39(42)43-37(33-29-8-6-4-2)34-30-26-25-27-31-35-38(40)41/h5,7,10-11,13-14,16-17,19-20,37H,3-4,6,8-9,12,15,18,21-36H2,1-2H3,(H,40,41)/b7-5-,11-10-,14-13-,17-16-,20-19-. The number of allylic oxidation sites excluding steroid dienone is 10. The molecular formula is C39H66O4. The van der Waals surface area contributed by atoms with Crippen molar-refractivity contribution in [2.45, 2.75) is 174 Å². The molecule has 43 heavy (non-hydrogen) atoms. The summed E-state index contributed by atoms with van der Waals surface area (Å²) in [5.41, 5.74) is 0. The highest BCUT2D eigenvalue weighted by molar-refractivity contribution is 5.69. The maximum atomic E-state index is 12.5. The molecule has 0 amide bonds. The Morgan fingerprint density at radius 2 is 0.977 bits per heavy atom. The van der Waals surface area contributed by atoms with E-state index >= 15 is 0 Å². The summed E-state index contributed by atoms with van der Waals surface area (Å²) < 4.78 is 5.89. The predicted molar refractivity (Wildman–Crippen MR) is 185 cm³/mol. The maximum Gasteiger partial charge on any atom is 0.306 e. The molecule has 0 saturated carbocycles. The van der Waals surface area contributed by atoms with Gasteiger partial charge in [-0.25, -0.2) is 0 Å². The molecule has 0 aromatic rings. The average Bonchev–Trinajstić information content (AvgIpc) is 2.99. The number of ether oxygens (including phenoxy) is 1. The Labute approximate surface area is 265 Å². The summed E-state index contributed by atoms with van der Waals surface area (Å²) in [6.45, 7) is 4.37. The van der Waals surface area contributed by atoms with E-state index in [0.29, 0.717) is 6.42 Å². The zero-order valence-electron chi connectivity index (χ0n) is 28.0. The second-order valence-electron chi connectivity index (χ2n) is 11.7. The smallest absolute Gasteiger partial charge is 0.306 e. The van der Waals surface area contributed by atoms with E-state index in [0.717, 1.165) is 103 Å². The molecule has 0 aliphatic heterocycles. The molecule has 0 aliphatic rings. The van der Waals surface area contributed by atoms with Gasteiger partial charge < -0.3 is 9.84 Å². The Morgan fingerprint density at radius 3 is 1.51 bits per heavy atom. The first-order chi connectivity index (χ1) is 21.1. The van der Waals surface area contributed by atoms with E-state index in [1.807, 2.05) is 0 Å². The first-order valence-electron chi connectivity index (χ1n) is 17.8. The molecule has 246 valence electrons. The molecule has 0 saturated heterocycles. The molecule has 1 unspecified atom stereocenters. The minimum absolute atomic E-state index is 0.0271. The number of aliphatic carboxylic acids is 1. The minimum Gasteiger partial charge on any atom is -0.481 e. The van der Waals surface area contributed by atoms with Crippen LogP contribution in [0.1, 0.15) is 168 Å². The quantitative estimate of drug-likeness (QED) is 0.0490. The van der Waals surface area contributed by atoms with Gasteiger partial charge in [-0.2, -0.15) is 0 Å². The lowest BCUT2D eigenvalue weighted by molar-refractivity contribution is -0.150. The summed E-state index contributed by atoms with van der Waals surface area (Å²) in [6.07, 6.45) is 46.8. The molecule has 0 fully saturated rings. The fraction of sp³-hybridized carbons (Fsp3) is 0.692. The third kappa shape index (κ3) is 34.0. The van der Waals surface area contributed by atoms with Crippen LogP contribution in [0.25, 0.3) is 0 Å². The van der Waals surface area contributed by atoms with Crippen LogP contribution >= 0.6 is 0 Å². The molecule has 4 nitrogen and oxygen atoms in total. The van der Waals surface area contributed by atoms with Gasteiger partial charge in [0.2, 0.25) is 0 Å². The molecule has 0 rings (SSSR count). The summed E-state index contributed by atoms with van der Waals surface area (Å²) in [7, 11) is 0. The molecule has 1 N–H and O–H groups in total. The largest absolute Gasteiger partial charge is 0.481 e. The normalized spacial score (nSPS) is 13.0. The Balaban J connectivity index is 3.84. The van der Waals surface area contributed by atoms with Gasteiger partial charge >= 0.3 is 11.9 Å². The topological polar surface area (TPSA) is 63.6 Å². The van der Waals surface area contributed by atoms with Crippen LogP contribution in [0.3, 0.4) is 0 Å². The van der Waals surface area contributed by atoms with Crippen molar-refractivity contribution in [2.75, 3.05) is 0 Å². The number of carboxylic acid groups (broad SMARTS) is 1. The van der Waals surface area contributed by atoms with E-state index in [1.165, 1.54) is 38.5 Å². The Kier molecular flexibility index (Phi) is 32.3. The van der Waals surface area contributed by atoms with E-state index in [-0.39, 0.29) is 18.5 Å². The lowest BCUT2D eigenvalue weighted by Crippen LogP contribution is -2.18. The Morgan fingerprint density at radius 1 is 0.535 bits per heavy atom. The first kappa shape index (κ1) is 40.6. The van der Waals surface area contributed by atoms with Crippen molar-refractivity contribution in [3.63, 3.8) is 0 Å². The van der Waals surface area contributed by atoms with Gasteiger partial charge in [-0.05, 0) is 83.5 Å². The molecule has 0 aromatic carbocycles. The summed E-state index contributed by atoms with van der Waals surface area (Å²) in [5, 5.41) is 8.75. The molecule has 0 spiro atoms. The molecule has 0 bridgehead atoms. The van der Waals surface area contributed by atoms with Crippen LogP contribution < -0.4 is 0 Å². The second-order valence-corrected chi connectivity index (χ2v) is 11.7. The Bertz CT molecular complexity index is 774. The van der Waals surface area contributed by atoms with Crippen LogP contribution in [-0.4, -0.2) is 23.1 Å². The maximum absolute atomic E-state index is 12.5. The van der Waals surface area contributed by atoms with Crippen LogP contribution in [0.15, 0.2) is 60.8 Å². The van der Waals surface area contributed by atoms with Gasteiger partial charge in [0.15, 0.2) is 0 Å². The highest BCUT2D eigenvalue weighted by Crippen LogP contribution is 2.18. The zero-order chi connectivity index (χ0) is 31.5. The number of hydrogen-bond acceptors (Lipinski definition) is 3. The van der Waals surface area contributed by atoms with E-state index in [1.54, 1.807) is 0 Å². The lowest BCUT2D eigenvalue weighted by atomic mass is 10.0. The van der Waals surface area contributed by atoms with Crippen LogP contribution in [-0.2, 0) is 14.3 Å². The number of esters is 1. The minimum atomic E-state index is -0.708. The van der Waals surface area contributed by atoms with Gasteiger partial charge in [0.1, 0.15) is 6.10 Å². The Hall–Kier alpha value is -2.36. The van der Waals surface area contributed by atoms with Crippen LogP contribution in [0.2, 0.25) is 0 Å². The van der Waals surface area contributed by atoms with Crippen molar-refractivity contribution in [1.29, 1.82) is 0 Å². The summed E-state index contributed by atoms with van der Waals surface area (Å²) in [4.78, 5) is 23.1. The molecule has 0 aromatic heterocycles. The van der Waals surface area contributed by atoms with Crippen molar-refractivity contribution in [3.8, 4) is 0 Å². The second kappa shape index (κ2) is 34.1. The number of carboxylic acids is 1. The van der Waals surface area contributed by atoms with Crippen molar-refractivity contribution < 1.29 is 19.4 Å². The van der Waals surface area contributed by atoms with Crippen molar-refractivity contribution >= 4 is 11.9 Å². The summed E-state index contributed by atoms with van der Waals surface area (Å²) >= 11 is 0. The van der Waals surface area contributed by atoms with E-state index in [4.69, 9.17) is 9.84 Å². The van der Waals surface area contributed by atoms with Crippen LogP contribution in [0.4, 0.5) is 0 Å². The van der Waals surface area contributed by atoms with E-state index < -0.39 is 5.97 Å². The highest BCUT2D eigenvalue weighted by atomic mass is 16.5. The average molecular weight is 599 g/mol. The number of carbonyl (C=O) groups excluding carboxylic acids is 1. The summed E-state index contributed by atoms with van der Waals surface area (Å²) in [6, 6.07) is 0. The molecular weight excluding hydrogens is 532 g/mol. The molecule has 0 aliphatic carbocycles. The number of rotatable bonds is 31. The lowest BCUT2D eigenvalue weighted by Gasteiger charge is -2.18. The molecule has 0 heterocycles. The molecule has 1 atom stereocenters. The van der Waals surface area contributed by atoms with Crippen LogP contribution in [0.5, 0.6) is 0 Å². The van der Waals surface area contributed by atoms with Crippen LogP contribution in [0, 0.1) is 0 Å². The highest BCUT2D eigenvalue weighted by Gasteiger charge is 2.14. The molecule has 0 radical (unpaired) electrons. The fourth-order valence-electron chi connectivity index (χ4n) is 4.91. The van der Waals surface area contributed by atoms with Gasteiger partial charge in [-0.15, -0.1) is 0 Å². The van der Waals surface area contributed by atoms with Gasteiger partial charge in [-0.3, -0.25) is 9.59 Å². The number of hydrogen-bond donors (Lipinski definition) is 1. The van der Waals surface area contributed by atoms with Crippen molar-refractivity contribution in [1.82, 2.24) is 0 Å². The summed E-state index contributed by atoms with van der Waals surface area (Å²) in [5.74, 6) is -0.735. The van der Waals surface area contributed by atoms with E-state index in [2.05, 4.69) is 74.6 Å². The predicted octanol–water partition coefficient (Wildman–Crippen LogP) is 12.2. The van der Waals surface area contributed by atoms with Crippen molar-refractivity contribution in [2.24, 2.45) is 0 Å². The van der Waals surface area contributed by atoms with E-state index in [9.17, 15) is 9.59 Å². The third-order valence-corrected chi connectivity index (χ3v) is 7.50. The monoisotopic (exact) mass is 598 g/mol. The number of unbranched alkanes of at least 4 members (excludes halogenated alkanes) is 12. The van der Waals surface area contributed by atoms with Gasteiger partial charge in [-0.1, -0.05) is 132 Å². The fourth-order valence-corrected chi connectivity index (χ4v) is 4.91. The van der Waals surface area contributed by atoms with Gasteiger partial charge in [0.25, 0.3) is 0 Å². The first-order valence-corrected chi connectivity index (χ1v) is 17.8. The third-order valence-electron chi connectivity index (χ3n) is 7.50. The van der Waals surface area contributed by atoms with Gasteiger partial charge in [0, 0.05) is 12.8 Å². The SMILES string of the molecule is CC/C=C\C/C=C\C/C=C\C/C=C\C/C=C\CCCCCCCC(=O)OC(CCCCCC)CCCCCCCC(=O)O. The zero-order valence-corrected chi connectivity index (χ0v) is 28.0. The van der Waals surface area contributed by atoms with Crippen molar-refractivity contribution in [3.05, 3.63) is 60.8 Å². The molecule has 4 heteroatoms. The number of carbonyl (C=O) groups is 2.